The van der Waals surface area contributed by atoms with Crippen LogP contribution in [-0.4, -0.2) is 15.9 Å². The molecule has 0 radical (unpaired) electrons. The maximum Gasteiger partial charge on any atom is 0.168 e. The van der Waals surface area contributed by atoms with Crippen LogP contribution in [0.15, 0.2) is 29.4 Å². The second kappa shape index (κ2) is 6.59. The molecule has 1 heterocycles. The van der Waals surface area contributed by atoms with Gasteiger partial charge in [-0.1, -0.05) is 52.5 Å². The smallest absolute Gasteiger partial charge is 0.168 e. The molecule has 2 aromatic rings. The number of rotatable bonds is 3. The molecule has 0 aliphatic carbocycles. The molecule has 0 fully saturated rings. The van der Waals surface area contributed by atoms with E-state index in [9.17, 15) is 0 Å². The van der Waals surface area contributed by atoms with Gasteiger partial charge < -0.3 is 0 Å². The van der Waals surface area contributed by atoms with Gasteiger partial charge in [0, 0.05) is 5.56 Å². The number of hydrazone groups is 1. The van der Waals surface area contributed by atoms with Crippen molar-refractivity contribution in [1.29, 1.82) is 0 Å². The van der Waals surface area contributed by atoms with Gasteiger partial charge >= 0.3 is 0 Å². The molecule has 1 aromatic carbocycles. The van der Waals surface area contributed by atoms with Crippen molar-refractivity contribution in [2.75, 3.05) is 5.43 Å². The topological polar surface area (TPSA) is 50.2 Å². The van der Waals surface area contributed by atoms with E-state index in [1.165, 1.54) is 0 Å². The number of benzene rings is 1. The van der Waals surface area contributed by atoms with Gasteiger partial charge in [0.25, 0.3) is 0 Å². The van der Waals surface area contributed by atoms with Crippen molar-refractivity contribution < 1.29 is 0 Å². The minimum Gasteiger partial charge on any atom is -0.260 e. The predicted molar refractivity (Wildman–Crippen MR) is 84.3 cm³/mol. The third kappa shape index (κ3) is 3.52. The lowest BCUT2D eigenvalue weighted by atomic mass is 10.1. The minimum atomic E-state index is 0.298. The molecule has 0 aliphatic heterocycles. The van der Waals surface area contributed by atoms with Gasteiger partial charge in [-0.05, 0) is 25.1 Å². The van der Waals surface area contributed by atoms with Gasteiger partial charge in [0.1, 0.15) is 0 Å². The van der Waals surface area contributed by atoms with Crippen LogP contribution >= 0.6 is 46.4 Å². The standard InChI is InChI=1S/C12H8Cl4N4/c1-6(7-2-3-8(13)12(16)11(7)15)17-19-10-5-4-9(14)18-20-10/h2-5H,1H3,(H,19,20)/b17-6+. The summed E-state index contributed by atoms with van der Waals surface area (Å²) in [4.78, 5) is 0. The van der Waals surface area contributed by atoms with E-state index in [4.69, 9.17) is 46.4 Å². The zero-order valence-electron chi connectivity index (χ0n) is 10.2. The van der Waals surface area contributed by atoms with Crippen LogP contribution in [0.3, 0.4) is 0 Å². The Hall–Kier alpha value is -1.07. The number of aromatic nitrogens is 2. The molecule has 4 nitrogen and oxygen atoms in total. The molecule has 1 aromatic heterocycles. The first-order valence-electron chi connectivity index (χ1n) is 5.42. The van der Waals surface area contributed by atoms with Crippen LogP contribution in [0, 0.1) is 0 Å². The van der Waals surface area contributed by atoms with Gasteiger partial charge in [0.2, 0.25) is 0 Å². The Labute approximate surface area is 135 Å². The van der Waals surface area contributed by atoms with Crippen LogP contribution in [0.5, 0.6) is 0 Å². The number of hydrogen-bond donors (Lipinski definition) is 1. The van der Waals surface area contributed by atoms with E-state index in [0.717, 1.165) is 0 Å². The lowest BCUT2D eigenvalue weighted by Crippen LogP contribution is -2.02. The lowest BCUT2D eigenvalue weighted by Gasteiger charge is -2.07. The van der Waals surface area contributed by atoms with Crippen molar-refractivity contribution in [2.24, 2.45) is 5.10 Å². The number of hydrogen-bond acceptors (Lipinski definition) is 4. The first-order valence-corrected chi connectivity index (χ1v) is 6.93. The molecule has 8 heteroatoms. The summed E-state index contributed by atoms with van der Waals surface area (Å²) in [7, 11) is 0. The molecular formula is C12H8Cl4N4. The maximum absolute atomic E-state index is 6.13. The van der Waals surface area contributed by atoms with E-state index in [1.807, 2.05) is 0 Å². The highest BCUT2D eigenvalue weighted by Gasteiger charge is 2.10. The predicted octanol–water partition coefficient (Wildman–Crippen LogP) is 4.93. The Kier molecular flexibility index (Phi) is 5.05. The van der Waals surface area contributed by atoms with E-state index in [1.54, 1.807) is 31.2 Å². The maximum atomic E-state index is 6.13. The molecule has 20 heavy (non-hydrogen) atoms. The quantitative estimate of drug-likeness (QED) is 0.485. The van der Waals surface area contributed by atoms with Crippen molar-refractivity contribution in [3.8, 4) is 0 Å². The molecule has 0 amide bonds. The van der Waals surface area contributed by atoms with Crippen molar-refractivity contribution in [2.45, 2.75) is 6.92 Å². The van der Waals surface area contributed by atoms with Crippen molar-refractivity contribution in [1.82, 2.24) is 10.2 Å². The van der Waals surface area contributed by atoms with Crippen LogP contribution in [0.2, 0.25) is 20.2 Å². The Morgan fingerprint density at radius 2 is 1.75 bits per heavy atom. The normalized spacial score (nSPS) is 11.6. The van der Waals surface area contributed by atoms with Gasteiger partial charge in [-0.15, -0.1) is 10.2 Å². The minimum absolute atomic E-state index is 0.298. The van der Waals surface area contributed by atoms with Crippen LogP contribution in [0.1, 0.15) is 12.5 Å². The summed E-state index contributed by atoms with van der Waals surface area (Å²) in [6.45, 7) is 1.78. The van der Waals surface area contributed by atoms with E-state index >= 15 is 0 Å². The zero-order valence-corrected chi connectivity index (χ0v) is 13.2. The molecule has 1 N–H and O–H groups in total. The fourth-order valence-electron chi connectivity index (χ4n) is 1.38. The van der Waals surface area contributed by atoms with Crippen molar-refractivity contribution in [3.63, 3.8) is 0 Å². The first-order chi connectivity index (χ1) is 9.49. The second-order valence-corrected chi connectivity index (χ2v) is 5.32. The molecule has 0 saturated heterocycles. The fourth-order valence-corrected chi connectivity index (χ4v) is 2.16. The summed E-state index contributed by atoms with van der Waals surface area (Å²) in [5.74, 6) is 0.463. The number of halogens is 4. The van der Waals surface area contributed by atoms with Crippen LogP contribution < -0.4 is 5.43 Å². The average molecular weight is 350 g/mol. The Bertz CT molecular complexity index is 655. The van der Waals surface area contributed by atoms with Crippen LogP contribution in [0.4, 0.5) is 5.82 Å². The van der Waals surface area contributed by atoms with Gasteiger partial charge in [0.05, 0.1) is 20.8 Å². The summed E-state index contributed by atoms with van der Waals surface area (Å²) in [5.41, 5.74) is 4.06. The Morgan fingerprint density at radius 3 is 2.40 bits per heavy atom. The van der Waals surface area contributed by atoms with Crippen LogP contribution in [0.25, 0.3) is 0 Å². The van der Waals surface area contributed by atoms with E-state index in [2.05, 4.69) is 20.7 Å². The lowest BCUT2D eigenvalue weighted by molar-refractivity contribution is 1.02. The van der Waals surface area contributed by atoms with Gasteiger partial charge in [0.15, 0.2) is 11.0 Å². The summed E-state index contributed by atoms with van der Waals surface area (Å²) in [6.07, 6.45) is 0. The second-order valence-electron chi connectivity index (χ2n) is 3.77. The van der Waals surface area contributed by atoms with Gasteiger partial charge in [-0.2, -0.15) is 5.10 Å². The highest BCUT2D eigenvalue weighted by atomic mass is 35.5. The third-order valence-electron chi connectivity index (χ3n) is 2.40. The van der Waals surface area contributed by atoms with Crippen LogP contribution in [-0.2, 0) is 0 Å². The molecule has 0 spiro atoms. The summed E-state index contributed by atoms with van der Waals surface area (Å²) in [6, 6.07) is 6.66. The molecule has 104 valence electrons. The molecule has 0 atom stereocenters. The largest absolute Gasteiger partial charge is 0.260 e. The zero-order chi connectivity index (χ0) is 14.7. The van der Waals surface area contributed by atoms with Gasteiger partial charge in [-0.3, -0.25) is 5.43 Å². The Morgan fingerprint density at radius 1 is 1.00 bits per heavy atom. The average Bonchev–Trinajstić information content (AvgIpc) is 2.44. The molecule has 0 aliphatic rings. The molecule has 0 unspecified atom stereocenters. The van der Waals surface area contributed by atoms with E-state index in [-0.39, 0.29) is 0 Å². The highest BCUT2D eigenvalue weighted by Crippen LogP contribution is 2.32. The first kappa shape index (κ1) is 15.3. The summed E-state index contributed by atoms with van der Waals surface area (Å²) >= 11 is 23.6. The van der Waals surface area contributed by atoms with E-state index in [0.29, 0.717) is 37.3 Å². The SMILES string of the molecule is C/C(=N\Nc1ccc(Cl)nn1)c1ccc(Cl)c(Cl)c1Cl. The summed E-state index contributed by atoms with van der Waals surface area (Å²) < 4.78 is 0. The monoisotopic (exact) mass is 348 g/mol. The number of nitrogens with one attached hydrogen (secondary N) is 1. The van der Waals surface area contributed by atoms with E-state index < -0.39 is 0 Å². The molecule has 2 rings (SSSR count). The third-order valence-corrected chi connectivity index (χ3v) is 3.89. The highest BCUT2D eigenvalue weighted by molar-refractivity contribution is 6.49. The Balaban J connectivity index is 2.23. The molecule has 0 saturated carbocycles. The molecule has 0 bridgehead atoms. The van der Waals surface area contributed by atoms with Crippen molar-refractivity contribution >= 4 is 57.9 Å². The van der Waals surface area contributed by atoms with Gasteiger partial charge in [-0.25, -0.2) is 0 Å². The van der Waals surface area contributed by atoms with Crippen molar-refractivity contribution in [3.05, 3.63) is 50.0 Å². The summed E-state index contributed by atoms with van der Waals surface area (Å²) in [5, 5.41) is 13.0. The molecular weight excluding hydrogens is 342 g/mol. The number of nitrogens with zero attached hydrogens (tertiary/aromatic N) is 3. The number of anilines is 1. The fraction of sp³-hybridized carbons (Fsp3) is 0.0833.